The molecule has 1 fully saturated rings. The Kier molecular flexibility index (Phi) is 10.3. The van der Waals surface area contributed by atoms with Gasteiger partial charge >= 0.3 is 6.18 Å². The monoisotopic (exact) mass is 632 g/mol. The maximum Gasteiger partial charge on any atom is 0.416 e. The molecule has 2 N–H and O–H groups in total. The van der Waals surface area contributed by atoms with E-state index in [1.165, 1.54) is 12.1 Å². The third-order valence-electron chi connectivity index (χ3n) is 7.57. The van der Waals surface area contributed by atoms with Crippen LogP contribution in [0, 0.1) is 18.8 Å². The van der Waals surface area contributed by atoms with E-state index in [1.807, 2.05) is 25.1 Å². The van der Waals surface area contributed by atoms with Gasteiger partial charge < -0.3 is 20.3 Å². The summed E-state index contributed by atoms with van der Waals surface area (Å²) in [5.74, 6) is 5.90. The number of anilines is 3. The number of benzene rings is 2. The van der Waals surface area contributed by atoms with Gasteiger partial charge in [0, 0.05) is 75.2 Å². The summed E-state index contributed by atoms with van der Waals surface area (Å²) in [6, 6.07) is 8.94. The van der Waals surface area contributed by atoms with Gasteiger partial charge in [-0.15, -0.1) is 0 Å². The van der Waals surface area contributed by atoms with Crippen molar-refractivity contribution in [3.8, 4) is 11.8 Å². The zero-order chi connectivity index (χ0) is 32.7. The van der Waals surface area contributed by atoms with E-state index in [-0.39, 0.29) is 23.4 Å². The molecule has 1 amide bonds. The van der Waals surface area contributed by atoms with Crippen LogP contribution >= 0.6 is 0 Å². The molecule has 0 atom stereocenters. The van der Waals surface area contributed by atoms with E-state index >= 15 is 0 Å². The number of alkyl halides is 3. The topological polar surface area (TPSA) is 100 Å². The molecule has 5 rings (SSSR count). The Morgan fingerprint density at radius 1 is 1.00 bits per heavy atom. The summed E-state index contributed by atoms with van der Waals surface area (Å²) in [7, 11) is 3.63. The highest BCUT2D eigenvalue weighted by molar-refractivity contribution is 6.04. The Bertz CT molecular complexity index is 1720. The Hall–Kier alpha value is -4.77. The molecule has 3 heterocycles. The molecular formula is C33H35F3N8O2. The van der Waals surface area contributed by atoms with E-state index in [2.05, 4.69) is 42.4 Å². The number of carbonyl (C=O) groups excluding carboxylic acids is 1. The Balaban J connectivity index is 1.25. The van der Waals surface area contributed by atoms with E-state index in [0.717, 1.165) is 30.4 Å². The lowest BCUT2D eigenvalue weighted by atomic mass is 10.0. The van der Waals surface area contributed by atoms with Crippen LogP contribution in [0.3, 0.4) is 0 Å². The van der Waals surface area contributed by atoms with Crippen LogP contribution in [0.25, 0.3) is 0 Å². The van der Waals surface area contributed by atoms with Crippen molar-refractivity contribution in [1.82, 2.24) is 29.5 Å². The second kappa shape index (κ2) is 14.6. The highest BCUT2D eigenvalue weighted by atomic mass is 19.4. The van der Waals surface area contributed by atoms with E-state index < -0.39 is 17.6 Å². The molecule has 0 unspecified atom stereocenters. The molecule has 0 spiro atoms. The van der Waals surface area contributed by atoms with Crippen molar-refractivity contribution in [2.24, 2.45) is 0 Å². The number of ether oxygens (including phenoxy) is 1. The molecule has 10 nitrogen and oxygen atoms in total. The van der Waals surface area contributed by atoms with Gasteiger partial charge in [-0.3, -0.25) is 14.4 Å². The number of hydrogen-bond donors (Lipinski definition) is 2. The summed E-state index contributed by atoms with van der Waals surface area (Å²) in [4.78, 5) is 25.9. The molecule has 2 aromatic carbocycles. The first kappa shape index (κ1) is 32.6. The molecule has 46 heavy (non-hydrogen) atoms. The summed E-state index contributed by atoms with van der Waals surface area (Å²) in [6.07, 6.45) is 2.09. The molecule has 1 saturated heterocycles. The minimum Gasteiger partial charge on any atom is -0.383 e. The number of nitrogens with zero attached hydrogens (tertiary/aromatic N) is 6. The fraction of sp³-hybridized carbons (Fsp3) is 0.333. The quantitative estimate of drug-likeness (QED) is 0.254. The van der Waals surface area contributed by atoms with Crippen LogP contribution in [0.1, 0.15) is 38.2 Å². The molecule has 0 radical (unpaired) electrons. The molecule has 0 aliphatic carbocycles. The van der Waals surface area contributed by atoms with Gasteiger partial charge in [-0.05, 0) is 49.4 Å². The van der Waals surface area contributed by atoms with Crippen molar-refractivity contribution >= 4 is 23.2 Å². The van der Waals surface area contributed by atoms with Gasteiger partial charge in [0.2, 0.25) is 5.95 Å². The van der Waals surface area contributed by atoms with Gasteiger partial charge in [0.15, 0.2) is 0 Å². The smallest absolute Gasteiger partial charge is 0.383 e. The number of amides is 1. The van der Waals surface area contributed by atoms with Crippen molar-refractivity contribution in [3.63, 3.8) is 0 Å². The lowest BCUT2D eigenvalue weighted by Crippen LogP contribution is -2.44. The van der Waals surface area contributed by atoms with Crippen LogP contribution in [0.5, 0.6) is 0 Å². The zero-order valence-corrected chi connectivity index (χ0v) is 25.9. The van der Waals surface area contributed by atoms with Gasteiger partial charge in [0.1, 0.15) is 0 Å². The predicted molar refractivity (Wildman–Crippen MR) is 169 cm³/mol. The number of hydrogen-bond acceptors (Lipinski definition) is 8. The third-order valence-corrected chi connectivity index (χ3v) is 7.57. The van der Waals surface area contributed by atoms with Crippen LogP contribution in [0.4, 0.5) is 30.5 Å². The average molecular weight is 633 g/mol. The number of methoxy groups -OCH3 is 1. The van der Waals surface area contributed by atoms with Gasteiger partial charge in [-0.1, -0.05) is 24.0 Å². The van der Waals surface area contributed by atoms with Crippen molar-refractivity contribution in [2.45, 2.75) is 26.2 Å². The highest BCUT2D eigenvalue weighted by Gasteiger charge is 2.34. The molecular weight excluding hydrogens is 597 g/mol. The Morgan fingerprint density at radius 3 is 2.48 bits per heavy atom. The molecule has 13 heteroatoms. The minimum absolute atomic E-state index is 0.0702. The normalized spacial score (nSPS) is 14.0. The minimum atomic E-state index is -4.55. The largest absolute Gasteiger partial charge is 0.416 e. The fourth-order valence-corrected chi connectivity index (χ4v) is 4.87. The number of aromatic nitrogens is 4. The number of halogens is 3. The number of nitrogens with one attached hydrogen (secondary N) is 2. The van der Waals surface area contributed by atoms with E-state index in [9.17, 15) is 18.0 Å². The fourth-order valence-electron chi connectivity index (χ4n) is 4.87. The number of likely N-dealkylation sites (N-methyl/N-ethyl adjacent to an activating group) is 1. The van der Waals surface area contributed by atoms with Crippen LogP contribution in [-0.2, 0) is 24.0 Å². The van der Waals surface area contributed by atoms with Crippen molar-refractivity contribution in [2.75, 3.05) is 57.6 Å². The lowest BCUT2D eigenvalue weighted by Gasteiger charge is -2.33. The summed E-state index contributed by atoms with van der Waals surface area (Å²) < 4.78 is 48.8. The first-order chi connectivity index (χ1) is 22.1. The highest BCUT2D eigenvalue weighted by Crippen LogP contribution is 2.34. The average Bonchev–Trinajstić information content (AvgIpc) is 3.48. The lowest BCUT2D eigenvalue weighted by molar-refractivity contribution is -0.138. The first-order valence-electron chi connectivity index (χ1n) is 14.7. The maximum atomic E-state index is 14.0. The molecule has 1 aliphatic heterocycles. The van der Waals surface area contributed by atoms with Gasteiger partial charge in [-0.25, -0.2) is 9.97 Å². The van der Waals surface area contributed by atoms with E-state index in [4.69, 9.17) is 4.74 Å². The first-order valence-corrected chi connectivity index (χ1v) is 14.7. The SMILES string of the molecule is COCCn1cc(Nc2ncc(C#Cc3cc(C(=O)Nc4ccc(CN5CCN(C)CC5)c(C(F)(F)F)c4)ccc3C)cn2)cn1. The van der Waals surface area contributed by atoms with Gasteiger partial charge in [0.25, 0.3) is 5.91 Å². The van der Waals surface area contributed by atoms with Crippen molar-refractivity contribution < 1.29 is 22.7 Å². The summed E-state index contributed by atoms with van der Waals surface area (Å²) in [5.41, 5.74) is 2.50. The Labute approximate surface area is 265 Å². The van der Waals surface area contributed by atoms with Crippen LogP contribution in [0.2, 0.25) is 0 Å². The molecule has 0 bridgehead atoms. The number of rotatable bonds is 9. The number of piperazine rings is 1. The summed E-state index contributed by atoms with van der Waals surface area (Å²) in [6.45, 7) is 6.23. The molecule has 4 aromatic rings. The Morgan fingerprint density at radius 2 is 1.76 bits per heavy atom. The summed E-state index contributed by atoms with van der Waals surface area (Å²) in [5, 5.41) is 9.94. The van der Waals surface area contributed by atoms with Crippen LogP contribution in [0.15, 0.2) is 61.2 Å². The second-order valence-electron chi connectivity index (χ2n) is 11.1. The van der Waals surface area contributed by atoms with Crippen molar-refractivity contribution in [1.29, 1.82) is 0 Å². The molecule has 240 valence electrons. The molecule has 0 saturated carbocycles. The van der Waals surface area contributed by atoms with Gasteiger partial charge in [0.05, 0.1) is 36.2 Å². The third kappa shape index (κ3) is 8.69. The second-order valence-corrected chi connectivity index (χ2v) is 11.1. The van der Waals surface area contributed by atoms with Gasteiger partial charge in [-0.2, -0.15) is 18.3 Å². The number of aryl methyl sites for hydroxylation is 1. The van der Waals surface area contributed by atoms with Crippen LogP contribution in [-0.4, -0.2) is 82.4 Å². The molecule has 2 aromatic heterocycles. The molecule has 1 aliphatic rings. The van der Waals surface area contributed by atoms with E-state index in [0.29, 0.717) is 43.3 Å². The standard InChI is InChI=1S/C33H35F3N8O2/c1-23-4-6-26(16-25(23)7-5-24-18-37-32(38-19-24)41-29-20-39-44(22-29)14-15-46-3)31(45)40-28-9-8-27(30(17-28)33(34,35)36)21-43-12-10-42(2)11-13-43/h4,6,8-9,16-20,22H,10-15,21H2,1-3H3,(H,40,45)(H,37,38,41). The predicted octanol–water partition coefficient (Wildman–Crippen LogP) is 4.79. The summed E-state index contributed by atoms with van der Waals surface area (Å²) >= 11 is 0. The van der Waals surface area contributed by atoms with Crippen molar-refractivity contribution in [3.05, 3.63) is 94.6 Å². The number of carbonyl (C=O) groups is 1. The van der Waals surface area contributed by atoms with E-state index in [1.54, 1.807) is 48.6 Å². The maximum absolute atomic E-state index is 14.0. The van der Waals surface area contributed by atoms with Crippen LogP contribution < -0.4 is 10.6 Å². The zero-order valence-electron chi connectivity index (χ0n) is 25.9.